The normalized spacial score (nSPS) is 11.4. The van der Waals surface area contributed by atoms with Crippen LogP contribution in [-0.4, -0.2) is 10.5 Å². The van der Waals surface area contributed by atoms with E-state index in [0.29, 0.717) is 10.8 Å². The van der Waals surface area contributed by atoms with E-state index in [9.17, 15) is 0 Å². The van der Waals surface area contributed by atoms with Crippen LogP contribution in [0, 0.1) is 0 Å². The molecular weight excluding hydrogens is 186 g/mol. The first kappa shape index (κ1) is 10.1. The van der Waals surface area contributed by atoms with Gasteiger partial charge in [0.15, 0.2) is 0 Å². The molecule has 0 unspecified atom stereocenters. The molecule has 0 fully saturated rings. The summed E-state index contributed by atoms with van der Waals surface area (Å²) in [4.78, 5) is 3.95. The molecule has 0 saturated heterocycles. The fourth-order valence-corrected chi connectivity index (χ4v) is 1.12. The molecule has 3 nitrogen and oxygen atoms in total. The highest BCUT2D eigenvalue weighted by Gasteiger charge is 2.11. The van der Waals surface area contributed by atoms with Gasteiger partial charge in [0, 0.05) is 11.6 Å². The molecule has 0 spiro atoms. The number of anilines is 2. The van der Waals surface area contributed by atoms with Gasteiger partial charge in [0.2, 0.25) is 0 Å². The van der Waals surface area contributed by atoms with Crippen LogP contribution in [0.5, 0.6) is 0 Å². The zero-order valence-corrected chi connectivity index (χ0v) is 8.81. The van der Waals surface area contributed by atoms with Gasteiger partial charge in [0.1, 0.15) is 5.15 Å². The van der Waals surface area contributed by atoms with Crippen molar-refractivity contribution in [2.24, 2.45) is 0 Å². The van der Waals surface area contributed by atoms with Crippen molar-refractivity contribution < 1.29 is 0 Å². The molecule has 0 radical (unpaired) electrons. The second-order valence-corrected chi connectivity index (χ2v) is 4.36. The maximum atomic E-state index is 5.74. The summed E-state index contributed by atoms with van der Waals surface area (Å²) >= 11 is 5.67. The van der Waals surface area contributed by atoms with Crippen LogP contribution < -0.4 is 11.1 Å². The minimum atomic E-state index is -0.0242. The molecule has 1 rings (SSSR count). The molecule has 0 atom stereocenters. The summed E-state index contributed by atoms with van der Waals surface area (Å²) in [5, 5.41) is 3.64. The number of pyridine rings is 1. The van der Waals surface area contributed by atoms with Crippen LogP contribution in [0.4, 0.5) is 11.4 Å². The highest BCUT2D eigenvalue weighted by Crippen LogP contribution is 2.23. The predicted molar refractivity (Wildman–Crippen MR) is 57.0 cm³/mol. The Labute approximate surface area is 83.3 Å². The Balaban J connectivity index is 2.90. The molecule has 4 heteroatoms. The summed E-state index contributed by atoms with van der Waals surface area (Å²) in [6.45, 7) is 6.17. The average Bonchev–Trinajstić information content (AvgIpc) is 1.93. The van der Waals surface area contributed by atoms with E-state index in [1.807, 2.05) is 0 Å². The van der Waals surface area contributed by atoms with E-state index in [0.717, 1.165) is 5.69 Å². The molecular formula is C9H14ClN3. The number of hydrogen-bond acceptors (Lipinski definition) is 3. The summed E-state index contributed by atoms with van der Waals surface area (Å²) in [5.74, 6) is 0. The van der Waals surface area contributed by atoms with Crippen LogP contribution in [0.1, 0.15) is 20.8 Å². The fraction of sp³-hybridized carbons (Fsp3) is 0.444. The number of halogens is 1. The van der Waals surface area contributed by atoms with E-state index in [4.69, 9.17) is 17.3 Å². The lowest BCUT2D eigenvalue weighted by Gasteiger charge is -2.22. The molecule has 0 aliphatic rings. The summed E-state index contributed by atoms with van der Waals surface area (Å²) in [5.41, 5.74) is 7.15. The third-order valence-corrected chi connectivity index (χ3v) is 1.62. The monoisotopic (exact) mass is 199 g/mol. The third kappa shape index (κ3) is 3.11. The topological polar surface area (TPSA) is 50.9 Å². The van der Waals surface area contributed by atoms with Gasteiger partial charge in [-0.15, -0.1) is 0 Å². The van der Waals surface area contributed by atoms with Crippen LogP contribution in [0.2, 0.25) is 5.15 Å². The van der Waals surface area contributed by atoms with Crippen molar-refractivity contribution in [3.05, 3.63) is 17.4 Å². The standard InChI is InChI=1S/C9H14ClN3/c1-9(2,3)13-7-5-12-8(10)4-6(7)11/h4-5,13H,1-3H3,(H2,11,12). The van der Waals surface area contributed by atoms with Crippen molar-refractivity contribution in [1.29, 1.82) is 0 Å². The number of nitrogens with one attached hydrogen (secondary N) is 1. The lowest BCUT2D eigenvalue weighted by Crippen LogP contribution is -2.26. The Kier molecular flexibility index (Phi) is 2.66. The van der Waals surface area contributed by atoms with Crippen LogP contribution in [-0.2, 0) is 0 Å². The minimum Gasteiger partial charge on any atom is -0.397 e. The molecule has 0 saturated carbocycles. The lowest BCUT2D eigenvalue weighted by molar-refractivity contribution is 0.634. The molecule has 0 bridgehead atoms. The zero-order valence-electron chi connectivity index (χ0n) is 8.06. The first-order valence-electron chi connectivity index (χ1n) is 4.08. The molecule has 0 aliphatic carbocycles. The predicted octanol–water partition coefficient (Wildman–Crippen LogP) is 2.53. The van der Waals surface area contributed by atoms with E-state index in [1.165, 1.54) is 0 Å². The van der Waals surface area contributed by atoms with E-state index < -0.39 is 0 Å². The summed E-state index contributed by atoms with van der Waals surface area (Å²) < 4.78 is 0. The molecule has 1 heterocycles. The molecule has 0 amide bonds. The average molecular weight is 200 g/mol. The van der Waals surface area contributed by atoms with Crippen molar-refractivity contribution in [2.45, 2.75) is 26.3 Å². The second kappa shape index (κ2) is 3.42. The van der Waals surface area contributed by atoms with Gasteiger partial charge in [-0.1, -0.05) is 11.6 Å². The van der Waals surface area contributed by atoms with Gasteiger partial charge in [0.05, 0.1) is 17.6 Å². The van der Waals surface area contributed by atoms with Crippen LogP contribution in [0.25, 0.3) is 0 Å². The molecule has 3 N–H and O–H groups in total. The smallest absolute Gasteiger partial charge is 0.131 e. The van der Waals surface area contributed by atoms with Crippen LogP contribution in [0.3, 0.4) is 0 Å². The number of nitrogen functional groups attached to an aromatic ring is 1. The van der Waals surface area contributed by atoms with Crippen molar-refractivity contribution >= 4 is 23.0 Å². The Bertz CT molecular complexity index is 304. The molecule has 13 heavy (non-hydrogen) atoms. The van der Waals surface area contributed by atoms with E-state index in [2.05, 4.69) is 31.1 Å². The highest BCUT2D eigenvalue weighted by molar-refractivity contribution is 6.29. The van der Waals surface area contributed by atoms with Gasteiger partial charge in [-0.3, -0.25) is 0 Å². The molecule has 1 aromatic heterocycles. The highest BCUT2D eigenvalue weighted by atomic mass is 35.5. The molecule has 0 aromatic carbocycles. The van der Waals surface area contributed by atoms with Crippen molar-refractivity contribution in [2.75, 3.05) is 11.1 Å². The SMILES string of the molecule is CC(C)(C)Nc1cnc(Cl)cc1N. The molecule has 72 valence electrons. The van der Waals surface area contributed by atoms with E-state index in [1.54, 1.807) is 12.3 Å². The third-order valence-electron chi connectivity index (χ3n) is 1.41. The van der Waals surface area contributed by atoms with Crippen molar-refractivity contribution in [1.82, 2.24) is 4.98 Å². The number of nitrogens with zero attached hydrogens (tertiary/aromatic N) is 1. The maximum absolute atomic E-state index is 5.74. The van der Waals surface area contributed by atoms with Gasteiger partial charge in [0.25, 0.3) is 0 Å². The first-order chi connectivity index (χ1) is 5.88. The Morgan fingerprint density at radius 2 is 2.08 bits per heavy atom. The minimum absolute atomic E-state index is 0.0242. The van der Waals surface area contributed by atoms with Gasteiger partial charge in [-0.05, 0) is 20.8 Å². The fourth-order valence-electron chi connectivity index (χ4n) is 0.953. The maximum Gasteiger partial charge on any atom is 0.131 e. The van der Waals surface area contributed by atoms with Gasteiger partial charge in [-0.25, -0.2) is 4.98 Å². The summed E-state index contributed by atoms with van der Waals surface area (Å²) in [6.07, 6.45) is 1.64. The summed E-state index contributed by atoms with van der Waals surface area (Å²) in [7, 11) is 0. The lowest BCUT2D eigenvalue weighted by atomic mass is 10.1. The Morgan fingerprint density at radius 3 is 2.54 bits per heavy atom. The first-order valence-corrected chi connectivity index (χ1v) is 4.45. The Morgan fingerprint density at radius 1 is 1.46 bits per heavy atom. The zero-order chi connectivity index (χ0) is 10.1. The van der Waals surface area contributed by atoms with Gasteiger partial charge < -0.3 is 11.1 Å². The number of nitrogens with two attached hydrogens (primary N) is 1. The summed E-state index contributed by atoms with van der Waals surface area (Å²) in [6, 6.07) is 1.63. The van der Waals surface area contributed by atoms with Crippen LogP contribution in [0.15, 0.2) is 12.3 Å². The largest absolute Gasteiger partial charge is 0.397 e. The van der Waals surface area contributed by atoms with E-state index in [-0.39, 0.29) is 5.54 Å². The number of aromatic nitrogens is 1. The van der Waals surface area contributed by atoms with Crippen molar-refractivity contribution in [3.63, 3.8) is 0 Å². The molecule has 1 aromatic rings. The van der Waals surface area contributed by atoms with Crippen molar-refractivity contribution in [3.8, 4) is 0 Å². The number of hydrogen-bond donors (Lipinski definition) is 2. The molecule has 0 aliphatic heterocycles. The second-order valence-electron chi connectivity index (χ2n) is 3.97. The van der Waals surface area contributed by atoms with Crippen LogP contribution >= 0.6 is 11.6 Å². The number of rotatable bonds is 1. The van der Waals surface area contributed by atoms with E-state index >= 15 is 0 Å². The van der Waals surface area contributed by atoms with Gasteiger partial charge in [-0.2, -0.15) is 0 Å². The van der Waals surface area contributed by atoms with Gasteiger partial charge >= 0.3 is 0 Å². The Hall–Kier alpha value is -0.960. The quantitative estimate of drug-likeness (QED) is 0.684.